The van der Waals surface area contributed by atoms with E-state index in [4.69, 9.17) is 9.47 Å². The maximum Gasteiger partial charge on any atom is 0.346 e. The van der Waals surface area contributed by atoms with E-state index in [0.29, 0.717) is 42.1 Å². The molecule has 6 aromatic carbocycles. The summed E-state index contributed by atoms with van der Waals surface area (Å²) >= 11 is 0. The lowest BCUT2D eigenvalue weighted by atomic mass is 9.82. The van der Waals surface area contributed by atoms with E-state index in [2.05, 4.69) is 176 Å². The molecule has 1 N–H and O–H groups in total. The Labute approximate surface area is 379 Å². The fourth-order valence-corrected chi connectivity index (χ4v) is 9.22. The quantitative estimate of drug-likeness (QED) is 0.0630. The molecule has 8 rings (SSSR count). The van der Waals surface area contributed by atoms with Gasteiger partial charge in [0.1, 0.15) is 23.1 Å². The van der Waals surface area contributed by atoms with Gasteiger partial charge in [0, 0.05) is 39.0 Å². The molecule has 0 bridgehead atoms. The van der Waals surface area contributed by atoms with Crippen molar-refractivity contribution in [1.29, 1.82) is 5.26 Å². The van der Waals surface area contributed by atoms with Crippen LogP contribution in [-0.2, 0) is 15.6 Å². The van der Waals surface area contributed by atoms with E-state index in [1.165, 1.54) is 50.6 Å². The van der Waals surface area contributed by atoms with E-state index in [1.54, 1.807) is 6.07 Å². The van der Waals surface area contributed by atoms with Crippen LogP contribution in [0.1, 0.15) is 107 Å². The number of aliphatic carboxylic acids is 1. The molecule has 0 radical (unpaired) electrons. The zero-order valence-electron chi connectivity index (χ0n) is 38.3. The highest BCUT2D eigenvalue weighted by atomic mass is 16.5. The fraction of sp³-hybridized carbons (Fsp3) is 0.276. The maximum absolute atomic E-state index is 11.9. The summed E-state index contributed by atoms with van der Waals surface area (Å²) in [5.74, 6) is 0.653. The van der Waals surface area contributed by atoms with Crippen LogP contribution in [0.4, 0.5) is 17.1 Å². The highest BCUT2D eigenvalue weighted by Crippen LogP contribution is 2.53. The van der Waals surface area contributed by atoms with Crippen molar-refractivity contribution in [2.24, 2.45) is 11.8 Å². The number of fused-ring (bicyclic) bond motifs is 6. The van der Waals surface area contributed by atoms with Crippen molar-refractivity contribution in [1.82, 2.24) is 0 Å². The molecule has 0 saturated heterocycles. The van der Waals surface area contributed by atoms with Crippen LogP contribution in [0.5, 0.6) is 11.5 Å². The van der Waals surface area contributed by atoms with Gasteiger partial charge < -0.3 is 19.5 Å². The zero-order chi connectivity index (χ0) is 45.3. The van der Waals surface area contributed by atoms with E-state index in [1.807, 2.05) is 18.2 Å². The number of nitriles is 1. The molecule has 6 nitrogen and oxygen atoms in total. The second kappa shape index (κ2) is 17.7. The van der Waals surface area contributed by atoms with Crippen molar-refractivity contribution in [3.05, 3.63) is 166 Å². The number of carboxylic acid groups (broad SMARTS) is 1. The van der Waals surface area contributed by atoms with Crippen LogP contribution in [0, 0.1) is 23.2 Å². The van der Waals surface area contributed by atoms with Gasteiger partial charge in [-0.1, -0.05) is 140 Å². The number of rotatable bonds is 15. The first kappa shape index (κ1) is 43.8. The van der Waals surface area contributed by atoms with Gasteiger partial charge in [-0.05, 0) is 129 Å². The first-order chi connectivity index (χ1) is 30.7. The molecule has 0 spiro atoms. The molecule has 0 heterocycles. The fourth-order valence-electron chi connectivity index (χ4n) is 9.22. The Morgan fingerprint density at radius 1 is 0.609 bits per heavy atom. The van der Waals surface area contributed by atoms with E-state index < -0.39 is 5.97 Å². The van der Waals surface area contributed by atoms with Crippen LogP contribution in [0.25, 0.3) is 40.5 Å². The van der Waals surface area contributed by atoms with Crippen LogP contribution >= 0.6 is 0 Å². The first-order valence-electron chi connectivity index (χ1n) is 22.5. The van der Waals surface area contributed by atoms with Gasteiger partial charge >= 0.3 is 5.97 Å². The summed E-state index contributed by atoms with van der Waals surface area (Å²) in [6, 6.07) is 45.5. The number of hydrogen-bond acceptors (Lipinski definition) is 5. The van der Waals surface area contributed by atoms with Crippen molar-refractivity contribution >= 4 is 41.3 Å². The Kier molecular flexibility index (Phi) is 12.1. The number of carbonyl (C=O) groups is 1. The number of nitrogens with zero attached hydrogens (tertiary/aromatic N) is 2. The molecule has 6 aromatic rings. The molecule has 0 aromatic heterocycles. The van der Waals surface area contributed by atoms with Crippen LogP contribution in [-0.4, -0.2) is 24.3 Å². The molecule has 0 unspecified atom stereocenters. The van der Waals surface area contributed by atoms with E-state index >= 15 is 0 Å². The first-order valence-corrected chi connectivity index (χ1v) is 22.5. The molecule has 6 heteroatoms. The van der Waals surface area contributed by atoms with Crippen molar-refractivity contribution in [3.63, 3.8) is 0 Å². The van der Waals surface area contributed by atoms with Gasteiger partial charge in [0.25, 0.3) is 0 Å². The van der Waals surface area contributed by atoms with Crippen molar-refractivity contribution < 1.29 is 19.4 Å². The van der Waals surface area contributed by atoms with Crippen LogP contribution in [0.3, 0.4) is 0 Å². The second-order valence-corrected chi connectivity index (χ2v) is 19.0. The molecule has 0 atom stereocenters. The van der Waals surface area contributed by atoms with Gasteiger partial charge in [0.2, 0.25) is 0 Å². The van der Waals surface area contributed by atoms with Gasteiger partial charge in [-0.2, -0.15) is 5.26 Å². The Bertz CT molecular complexity index is 2730. The standard InChI is InChI=1S/C58H58N2O4/c1-37(2)27-29-63-54-33-41(31-42(36-59)56(61)62)55(64-30-28-38(3)4)32-40(54)20-17-39-18-21-43(22-19-39)60(44-23-25-48-46-13-9-11-15-50(46)57(5,6)52(48)34-44)45-24-26-49-47-14-10-12-16-51(47)58(7,8)53(49)35-45/h9-26,31-35,37-38H,27-30H2,1-8H3,(H,61,62)/b20-17+,42-31+. The number of carboxylic acids is 1. The number of hydrogen-bond donors (Lipinski definition) is 1. The summed E-state index contributed by atoms with van der Waals surface area (Å²) in [5, 5.41) is 19.3. The van der Waals surface area contributed by atoms with Crippen molar-refractivity contribution in [2.75, 3.05) is 18.1 Å². The average Bonchev–Trinajstić information content (AvgIpc) is 3.64. The molecule has 0 aliphatic heterocycles. The monoisotopic (exact) mass is 846 g/mol. The molecular formula is C58H58N2O4. The average molecular weight is 847 g/mol. The lowest BCUT2D eigenvalue weighted by Crippen LogP contribution is -2.18. The lowest BCUT2D eigenvalue weighted by molar-refractivity contribution is -0.132. The minimum Gasteiger partial charge on any atom is -0.493 e. The van der Waals surface area contributed by atoms with Gasteiger partial charge in [0.05, 0.1) is 13.2 Å². The van der Waals surface area contributed by atoms with E-state index in [9.17, 15) is 15.2 Å². The molecule has 64 heavy (non-hydrogen) atoms. The molecule has 2 aliphatic rings. The Morgan fingerprint density at radius 2 is 1.06 bits per heavy atom. The summed E-state index contributed by atoms with van der Waals surface area (Å²) in [7, 11) is 0. The van der Waals surface area contributed by atoms with Gasteiger partial charge in [-0.3, -0.25) is 0 Å². The van der Waals surface area contributed by atoms with E-state index in [-0.39, 0.29) is 16.4 Å². The molecule has 2 aliphatic carbocycles. The lowest BCUT2D eigenvalue weighted by Gasteiger charge is -2.29. The minimum absolute atomic E-state index is 0.150. The minimum atomic E-state index is -1.29. The smallest absolute Gasteiger partial charge is 0.346 e. The van der Waals surface area contributed by atoms with E-state index in [0.717, 1.165) is 41.0 Å². The van der Waals surface area contributed by atoms with Gasteiger partial charge in [0.15, 0.2) is 0 Å². The highest BCUT2D eigenvalue weighted by Gasteiger charge is 2.37. The van der Waals surface area contributed by atoms with Crippen molar-refractivity contribution in [3.8, 4) is 39.8 Å². The third kappa shape index (κ3) is 8.48. The van der Waals surface area contributed by atoms with Gasteiger partial charge in [-0.15, -0.1) is 0 Å². The summed E-state index contributed by atoms with van der Waals surface area (Å²) in [6.07, 6.45) is 7.11. The summed E-state index contributed by atoms with van der Waals surface area (Å²) < 4.78 is 12.6. The predicted molar refractivity (Wildman–Crippen MR) is 263 cm³/mol. The highest BCUT2D eigenvalue weighted by molar-refractivity contribution is 5.97. The van der Waals surface area contributed by atoms with Crippen LogP contribution in [0.15, 0.2) is 127 Å². The normalized spacial score (nSPS) is 14.2. The van der Waals surface area contributed by atoms with Gasteiger partial charge in [-0.25, -0.2) is 4.79 Å². The third-order valence-corrected chi connectivity index (χ3v) is 13.0. The Morgan fingerprint density at radius 3 is 1.55 bits per heavy atom. The largest absolute Gasteiger partial charge is 0.493 e. The van der Waals surface area contributed by atoms with Crippen LogP contribution < -0.4 is 14.4 Å². The number of benzene rings is 6. The predicted octanol–water partition coefficient (Wildman–Crippen LogP) is 14.8. The Balaban J connectivity index is 1.19. The summed E-state index contributed by atoms with van der Waals surface area (Å²) in [6.45, 7) is 18.8. The topological polar surface area (TPSA) is 82.8 Å². The maximum atomic E-state index is 11.9. The zero-order valence-corrected chi connectivity index (χ0v) is 38.3. The third-order valence-electron chi connectivity index (χ3n) is 13.0. The molecule has 0 saturated carbocycles. The van der Waals surface area contributed by atoms with Crippen molar-refractivity contribution in [2.45, 2.75) is 79.1 Å². The molecular weight excluding hydrogens is 789 g/mol. The second-order valence-electron chi connectivity index (χ2n) is 19.0. The number of ether oxygens (including phenoxy) is 2. The molecule has 0 fully saturated rings. The van der Waals surface area contributed by atoms with Crippen LogP contribution in [0.2, 0.25) is 0 Å². The summed E-state index contributed by atoms with van der Waals surface area (Å²) in [5.41, 5.74) is 15.3. The summed E-state index contributed by atoms with van der Waals surface area (Å²) in [4.78, 5) is 14.3. The SMILES string of the molecule is CC(C)CCOc1cc(/C=C(\C#N)C(=O)O)c(OCCC(C)C)cc1/C=C/c1ccc(N(c2ccc3c(c2)C(C)(C)c2ccccc2-3)c2ccc3c(c2)C(C)(C)c2ccccc2-3)cc1. The Hall–Kier alpha value is -6.84. The number of anilines is 3. The molecule has 0 amide bonds. The molecule has 324 valence electrons.